The van der Waals surface area contributed by atoms with E-state index in [4.69, 9.17) is 11.0 Å². The maximum absolute atomic E-state index is 8.60. The summed E-state index contributed by atoms with van der Waals surface area (Å²) in [6.45, 7) is 2.45. The lowest BCUT2D eigenvalue weighted by Gasteiger charge is -1.99. The zero-order valence-corrected chi connectivity index (χ0v) is 7.69. The minimum atomic E-state index is 0. The molecule has 2 nitrogen and oxygen atoms in total. The van der Waals surface area contributed by atoms with Gasteiger partial charge in [-0.1, -0.05) is 12.1 Å². The number of benzene rings is 1. The van der Waals surface area contributed by atoms with Crippen LogP contribution in [0.1, 0.15) is 16.7 Å². The number of rotatable bonds is 1. The van der Waals surface area contributed by atoms with Crippen LogP contribution in [0.2, 0.25) is 0 Å². The maximum Gasteiger partial charge on any atom is 0.0994 e. The molecule has 0 amide bonds. The van der Waals surface area contributed by atoms with Gasteiger partial charge in [-0.15, -0.1) is 12.4 Å². The lowest BCUT2D eigenvalue weighted by Crippen LogP contribution is -1.96. The van der Waals surface area contributed by atoms with Crippen molar-refractivity contribution in [1.82, 2.24) is 0 Å². The minimum Gasteiger partial charge on any atom is -0.326 e. The van der Waals surface area contributed by atoms with E-state index in [1.54, 1.807) is 6.07 Å². The quantitative estimate of drug-likeness (QED) is 0.720. The first-order chi connectivity index (χ1) is 5.27. The topological polar surface area (TPSA) is 49.8 Å². The Kier molecular flexibility index (Phi) is 4.35. The standard InChI is InChI=1S/C9H10N2.ClH/c1-7-4-8(5-10)2-3-9(7)6-11;/h2-4H,5,10H2,1H3;1H. The van der Waals surface area contributed by atoms with Crippen LogP contribution < -0.4 is 5.73 Å². The summed E-state index contributed by atoms with van der Waals surface area (Å²) in [5.41, 5.74) is 8.22. The van der Waals surface area contributed by atoms with Crippen molar-refractivity contribution in [2.75, 3.05) is 0 Å². The Bertz CT molecular complexity index is 302. The van der Waals surface area contributed by atoms with E-state index >= 15 is 0 Å². The van der Waals surface area contributed by atoms with E-state index in [0.29, 0.717) is 6.54 Å². The molecule has 0 saturated carbocycles. The number of nitrogens with zero attached hydrogens (tertiary/aromatic N) is 1. The summed E-state index contributed by atoms with van der Waals surface area (Å²) in [5.74, 6) is 0. The monoisotopic (exact) mass is 182 g/mol. The Morgan fingerprint density at radius 2 is 2.17 bits per heavy atom. The van der Waals surface area contributed by atoms with Gasteiger partial charge in [0.25, 0.3) is 0 Å². The first kappa shape index (κ1) is 11.0. The Balaban J connectivity index is 0.00000121. The molecule has 2 N–H and O–H groups in total. The van der Waals surface area contributed by atoms with Gasteiger partial charge in [0.2, 0.25) is 0 Å². The van der Waals surface area contributed by atoms with Gasteiger partial charge in [-0.25, -0.2) is 0 Å². The van der Waals surface area contributed by atoms with Crippen LogP contribution in [0.15, 0.2) is 18.2 Å². The fraction of sp³-hybridized carbons (Fsp3) is 0.222. The van der Waals surface area contributed by atoms with E-state index in [2.05, 4.69) is 6.07 Å². The largest absolute Gasteiger partial charge is 0.326 e. The molecule has 1 aromatic rings. The summed E-state index contributed by atoms with van der Waals surface area (Å²) in [5, 5.41) is 8.60. The van der Waals surface area contributed by atoms with Gasteiger partial charge in [0.15, 0.2) is 0 Å². The molecular weight excluding hydrogens is 172 g/mol. The first-order valence-electron chi connectivity index (χ1n) is 3.47. The number of hydrogen-bond acceptors (Lipinski definition) is 2. The van der Waals surface area contributed by atoms with Gasteiger partial charge in [-0.05, 0) is 24.1 Å². The predicted molar refractivity (Wildman–Crippen MR) is 51.0 cm³/mol. The van der Waals surface area contributed by atoms with Gasteiger partial charge in [0, 0.05) is 6.54 Å². The zero-order valence-electron chi connectivity index (χ0n) is 6.87. The first-order valence-corrected chi connectivity index (χ1v) is 3.47. The molecule has 0 fully saturated rings. The van der Waals surface area contributed by atoms with Crippen LogP contribution >= 0.6 is 12.4 Å². The van der Waals surface area contributed by atoms with Gasteiger partial charge in [0.05, 0.1) is 11.6 Å². The van der Waals surface area contributed by atoms with Gasteiger partial charge in [-0.3, -0.25) is 0 Å². The normalized spacial score (nSPS) is 8.42. The molecule has 0 radical (unpaired) electrons. The molecule has 12 heavy (non-hydrogen) atoms. The Morgan fingerprint density at radius 1 is 1.50 bits per heavy atom. The fourth-order valence-electron chi connectivity index (χ4n) is 0.978. The molecule has 0 aromatic heterocycles. The van der Waals surface area contributed by atoms with Crippen LogP contribution in [-0.2, 0) is 6.54 Å². The molecule has 0 saturated heterocycles. The van der Waals surface area contributed by atoms with E-state index in [9.17, 15) is 0 Å². The maximum atomic E-state index is 8.60. The second-order valence-corrected chi connectivity index (χ2v) is 2.47. The Hall–Kier alpha value is -1.04. The molecular formula is C9H11ClN2. The van der Waals surface area contributed by atoms with Crippen LogP contribution in [0.5, 0.6) is 0 Å². The molecule has 1 rings (SSSR count). The van der Waals surface area contributed by atoms with Crippen molar-refractivity contribution in [3.8, 4) is 6.07 Å². The summed E-state index contributed by atoms with van der Waals surface area (Å²) in [6.07, 6.45) is 0. The van der Waals surface area contributed by atoms with Crippen LogP contribution in [0.4, 0.5) is 0 Å². The molecule has 0 spiro atoms. The number of aryl methyl sites for hydroxylation is 1. The highest BCUT2D eigenvalue weighted by Gasteiger charge is 1.96. The van der Waals surface area contributed by atoms with Crippen LogP contribution in [0, 0.1) is 18.3 Å². The smallest absolute Gasteiger partial charge is 0.0994 e. The van der Waals surface area contributed by atoms with Crippen molar-refractivity contribution in [2.24, 2.45) is 5.73 Å². The molecule has 0 aliphatic carbocycles. The van der Waals surface area contributed by atoms with E-state index < -0.39 is 0 Å². The third-order valence-corrected chi connectivity index (χ3v) is 1.65. The van der Waals surface area contributed by atoms with Crippen molar-refractivity contribution in [3.63, 3.8) is 0 Å². The lowest BCUT2D eigenvalue weighted by molar-refractivity contribution is 1.06. The highest BCUT2D eigenvalue weighted by atomic mass is 35.5. The molecule has 0 atom stereocenters. The molecule has 1 aromatic carbocycles. The molecule has 0 aliphatic heterocycles. The summed E-state index contributed by atoms with van der Waals surface area (Å²) >= 11 is 0. The van der Waals surface area contributed by atoms with Gasteiger partial charge >= 0.3 is 0 Å². The molecule has 3 heteroatoms. The van der Waals surface area contributed by atoms with E-state index in [1.807, 2.05) is 19.1 Å². The SMILES string of the molecule is Cc1cc(CN)ccc1C#N.Cl. The van der Waals surface area contributed by atoms with E-state index in [-0.39, 0.29) is 12.4 Å². The number of nitrogens with two attached hydrogens (primary N) is 1. The van der Waals surface area contributed by atoms with Gasteiger partial charge in [-0.2, -0.15) is 5.26 Å². The van der Waals surface area contributed by atoms with Crippen LogP contribution in [0.25, 0.3) is 0 Å². The number of nitriles is 1. The number of halogens is 1. The lowest BCUT2D eigenvalue weighted by atomic mass is 10.1. The second-order valence-electron chi connectivity index (χ2n) is 2.47. The Morgan fingerprint density at radius 3 is 2.58 bits per heavy atom. The molecule has 0 aliphatic rings. The third kappa shape index (κ3) is 2.23. The van der Waals surface area contributed by atoms with Crippen molar-refractivity contribution < 1.29 is 0 Å². The summed E-state index contributed by atoms with van der Waals surface area (Å²) in [4.78, 5) is 0. The van der Waals surface area contributed by atoms with Crippen LogP contribution in [0.3, 0.4) is 0 Å². The highest BCUT2D eigenvalue weighted by Crippen LogP contribution is 2.08. The van der Waals surface area contributed by atoms with Crippen molar-refractivity contribution in [3.05, 3.63) is 34.9 Å². The average molecular weight is 183 g/mol. The van der Waals surface area contributed by atoms with Crippen molar-refractivity contribution in [1.29, 1.82) is 5.26 Å². The van der Waals surface area contributed by atoms with Gasteiger partial charge < -0.3 is 5.73 Å². The minimum absolute atomic E-state index is 0. The zero-order chi connectivity index (χ0) is 8.27. The van der Waals surface area contributed by atoms with E-state index in [0.717, 1.165) is 16.7 Å². The molecule has 0 bridgehead atoms. The predicted octanol–water partition coefficient (Wildman–Crippen LogP) is 1.75. The summed E-state index contributed by atoms with van der Waals surface area (Å²) in [7, 11) is 0. The average Bonchev–Trinajstić information content (AvgIpc) is 2.04. The summed E-state index contributed by atoms with van der Waals surface area (Å²) in [6, 6.07) is 7.73. The fourth-order valence-corrected chi connectivity index (χ4v) is 0.978. The van der Waals surface area contributed by atoms with Crippen molar-refractivity contribution >= 4 is 12.4 Å². The Labute approximate surface area is 78.4 Å². The number of hydrogen-bond donors (Lipinski definition) is 1. The second kappa shape index (κ2) is 4.76. The summed E-state index contributed by atoms with van der Waals surface area (Å²) < 4.78 is 0. The molecule has 0 unspecified atom stereocenters. The molecule has 64 valence electrons. The van der Waals surface area contributed by atoms with E-state index in [1.165, 1.54) is 0 Å². The highest BCUT2D eigenvalue weighted by molar-refractivity contribution is 5.85. The third-order valence-electron chi connectivity index (χ3n) is 1.65. The van der Waals surface area contributed by atoms with Crippen molar-refractivity contribution in [2.45, 2.75) is 13.5 Å². The molecule has 0 heterocycles. The van der Waals surface area contributed by atoms with Crippen LogP contribution in [-0.4, -0.2) is 0 Å². The van der Waals surface area contributed by atoms with Gasteiger partial charge in [0.1, 0.15) is 0 Å².